The molecule has 3 aromatic carbocycles. The molecule has 166 valence electrons. The van der Waals surface area contributed by atoms with Crippen molar-refractivity contribution in [2.75, 3.05) is 0 Å². The van der Waals surface area contributed by atoms with Crippen LogP contribution >= 0.6 is 0 Å². The lowest BCUT2D eigenvalue weighted by molar-refractivity contribution is 0.404. The van der Waals surface area contributed by atoms with Crippen LogP contribution in [0.1, 0.15) is 0 Å². The molecule has 0 saturated carbocycles. The summed E-state index contributed by atoms with van der Waals surface area (Å²) in [5, 5.41) is 0. The molecule has 4 nitrogen and oxygen atoms in total. The smallest absolute Gasteiger partial charge is 0.208 e. The quantitative estimate of drug-likeness (QED) is 0.228. The molecule has 0 fully saturated rings. The van der Waals surface area contributed by atoms with Gasteiger partial charge < -0.3 is 0 Å². The Balaban J connectivity index is 1.61. The van der Waals surface area contributed by atoms with Crippen LogP contribution in [0.3, 0.4) is 0 Å². The first-order valence-electron chi connectivity index (χ1n) is 10.2. The summed E-state index contributed by atoms with van der Waals surface area (Å²) in [5.74, 6) is -5.51. The van der Waals surface area contributed by atoms with E-state index in [1.807, 2.05) is 60.7 Å². The van der Waals surface area contributed by atoms with Crippen molar-refractivity contribution < 1.29 is 17.6 Å². The number of halogens is 4. The van der Waals surface area contributed by atoms with Crippen LogP contribution < -0.4 is 0 Å². The van der Waals surface area contributed by atoms with E-state index in [9.17, 15) is 17.6 Å². The lowest BCUT2D eigenvalue weighted by Gasteiger charge is -2.09. The van der Waals surface area contributed by atoms with Crippen LogP contribution in [0.4, 0.5) is 17.6 Å². The molecule has 0 spiro atoms. The minimum atomic E-state index is -1.84. The average molecular weight is 458 g/mol. The van der Waals surface area contributed by atoms with E-state index < -0.39 is 29.1 Å². The van der Waals surface area contributed by atoms with E-state index in [-0.39, 0.29) is 5.56 Å². The standard InChI is InChI=1S/C26H14F4N4/c27-20-19(22(29)31-23(30)21(20)28)15-11-13-18(14-12-15)26-33-24(16-7-3-1-4-8-16)32-25(34-26)17-9-5-2-6-10-17/h1-14H. The van der Waals surface area contributed by atoms with Gasteiger partial charge in [-0.1, -0.05) is 84.9 Å². The molecule has 2 heterocycles. The molecule has 0 atom stereocenters. The second-order valence-electron chi connectivity index (χ2n) is 7.31. The van der Waals surface area contributed by atoms with Crippen LogP contribution in [-0.4, -0.2) is 19.9 Å². The largest absolute Gasteiger partial charge is 0.254 e. The van der Waals surface area contributed by atoms with E-state index in [0.717, 1.165) is 11.1 Å². The maximum absolute atomic E-state index is 14.2. The molecule has 0 unspecified atom stereocenters. The monoisotopic (exact) mass is 458 g/mol. The maximum atomic E-state index is 14.2. The van der Waals surface area contributed by atoms with Crippen molar-refractivity contribution in [2.45, 2.75) is 0 Å². The molecule has 0 amide bonds. The van der Waals surface area contributed by atoms with Gasteiger partial charge >= 0.3 is 0 Å². The third kappa shape index (κ3) is 4.01. The predicted octanol–water partition coefficient (Wildman–Crippen LogP) is 6.49. The zero-order chi connectivity index (χ0) is 23.7. The second-order valence-corrected chi connectivity index (χ2v) is 7.31. The van der Waals surface area contributed by atoms with Crippen LogP contribution in [0.15, 0.2) is 84.9 Å². The van der Waals surface area contributed by atoms with Crippen molar-refractivity contribution in [1.29, 1.82) is 0 Å². The highest BCUT2D eigenvalue weighted by Crippen LogP contribution is 2.30. The fourth-order valence-corrected chi connectivity index (χ4v) is 3.45. The maximum Gasteiger partial charge on any atom is 0.254 e. The van der Waals surface area contributed by atoms with Gasteiger partial charge in [0, 0.05) is 16.7 Å². The molecular weight excluding hydrogens is 444 g/mol. The third-order valence-electron chi connectivity index (χ3n) is 5.13. The summed E-state index contributed by atoms with van der Waals surface area (Å²) in [7, 11) is 0. The molecular formula is C26H14F4N4. The summed E-state index contributed by atoms with van der Waals surface area (Å²) in [6.45, 7) is 0. The van der Waals surface area contributed by atoms with Crippen LogP contribution in [0.25, 0.3) is 45.3 Å². The lowest BCUT2D eigenvalue weighted by Crippen LogP contribution is -2.03. The molecule has 2 aromatic heterocycles. The molecule has 0 bridgehead atoms. The zero-order valence-corrected chi connectivity index (χ0v) is 17.4. The highest BCUT2D eigenvalue weighted by atomic mass is 19.2. The van der Waals surface area contributed by atoms with Crippen LogP contribution in [-0.2, 0) is 0 Å². The van der Waals surface area contributed by atoms with E-state index >= 15 is 0 Å². The second kappa shape index (κ2) is 8.82. The predicted molar refractivity (Wildman–Crippen MR) is 119 cm³/mol. The van der Waals surface area contributed by atoms with Crippen molar-refractivity contribution in [1.82, 2.24) is 19.9 Å². The molecule has 5 rings (SSSR count). The highest BCUT2D eigenvalue weighted by molar-refractivity contribution is 5.70. The van der Waals surface area contributed by atoms with Gasteiger partial charge in [0.05, 0.1) is 5.56 Å². The van der Waals surface area contributed by atoms with E-state index in [0.29, 0.717) is 23.0 Å². The van der Waals surface area contributed by atoms with Gasteiger partial charge in [-0.15, -0.1) is 0 Å². The van der Waals surface area contributed by atoms with Crippen LogP contribution in [0.2, 0.25) is 0 Å². The third-order valence-corrected chi connectivity index (χ3v) is 5.13. The van der Waals surface area contributed by atoms with Crippen molar-refractivity contribution >= 4 is 0 Å². The molecule has 34 heavy (non-hydrogen) atoms. The Labute approximate surface area is 191 Å². The van der Waals surface area contributed by atoms with Gasteiger partial charge in [0.25, 0.3) is 5.95 Å². The van der Waals surface area contributed by atoms with Gasteiger partial charge in [0.2, 0.25) is 11.8 Å². The van der Waals surface area contributed by atoms with E-state index in [2.05, 4.69) is 19.9 Å². The number of aromatic nitrogens is 4. The number of hydrogen-bond donors (Lipinski definition) is 0. The Kier molecular flexibility index (Phi) is 5.55. The summed E-state index contributed by atoms with van der Waals surface area (Å²) in [6.07, 6.45) is 0. The van der Waals surface area contributed by atoms with E-state index in [1.165, 1.54) is 24.3 Å². The lowest BCUT2D eigenvalue weighted by atomic mass is 10.0. The number of benzene rings is 3. The summed E-state index contributed by atoms with van der Waals surface area (Å²) >= 11 is 0. The fraction of sp³-hybridized carbons (Fsp3) is 0. The first-order valence-corrected chi connectivity index (χ1v) is 10.2. The first kappa shape index (κ1) is 21.4. The number of hydrogen-bond acceptors (Lipinski definition) is 4. The molecule has 0 aliphatic rings. The highest BCUT2D eigenvalue weighted by Gasteiger charge is 2.22. The Morgan fingerprint density at radius 2 is 0.794 bits per heavy atom. The molecule has 0 radical (unpaired) electrons. The van der Waals surface area contributed by atoms with Crippen molar-refractivity contribution in [3.05, 3.63) is 108 Å². The van der Waals surface area contributed by atoms with Gasteiger partial charge in [0.15, 0.2) is 23.3 Å². The average Bonchev–Trinajstić information content (AvgIpc) is 2.88. The minimum Gasteiger partial charge on any atom is -0.208 e. The van der Waals surface area contributed by atoms with Gasteiger partial charge in [-0.05, 0) is 5.56 Å². The molecule has 0 N–H and O–H groups in total. The summed E-state index contributed by atoms with van der Waals surface area (Å²) in [5.41, 5.74) is 1.35. The molecule has 8 heteroatoms. The Hall–Kier alpha value is -4.46. The topological polar surface area (TPSA) is 51.6 Å². The normalized spacial score (nSPS) is 10.9. The Bertz CT molecular complexity index is 1420. The zero-order valence-electron chi connectivity index (χ0n) is 17.4. The number of nitrogens with zero attached hydrogens (tertiary/aromatic N) is 4. The van der Waals surface area contributed by atoms with Crippen LogP contribution in [0, 0.1) is 23.5 Å². The molecule has 0 aliphatic heterocycles. The van der Waals surface area contributed by atoms with Crippen molar-refractivity contribution in [2.24, 2.45) is 0 Å². The Morgan fingerprint density at radius 1 is 0.382 bits per heavy atom. The number of pyridine rings is 1. The molecule has 0 aliphatic carbocycles. The van der Waals surface area contributed by atoms with Gasteiger partial charge in [0.1, 0.15) is 0 Å². The van der Waals surface area contributed by atoms with E-state index in [1.54, 1.807) is 0 Å². The van der Waals surface area contributed by atoms with Gasteiger partial charge in [-0.2, -0.15) is 18.2 Å². The minimum absolute atomic E-state index is 0.00854. The van der Waals surface area contributed by atoms with Gasteiger partial charge in [-0.3, -0.25) is 0 Å². The van der Waals surface area contributed by atoms with Crippen molar-refractivity contribution in [3.63, 3.8) is 0 Å². The van der Waals surface area contributed by atoms with Crippen LogP contribution in [0.5, 0.6) is 0 Å². The SMILES string of the molecule is Fc1nc(F)c(-c2ccc(-c3nc(-c4ccccc4)nc(-c4ccccc4)n3)cc2)c(F)c1F. The summed E-state index contributed by atoms with van der Waals surface area (Å²) in [4.78, 5) is 16.5. The van der Waals surface area contributed by atoms with Crippen molar-refractivity contribution in [3.8, 4) is 45.3 Å². The number of rotatable bonds is 4. The summed E-state index contributed by atoms with van der Waals surface area (Å²) < 4.78 is 55.1. The molecule has 5 aromatic rings. The Morgan fingerprint density at radius 3 is 1.26 bits per heavy atom. The molecule has 0 saturated heterocycles. The first-order chi connectivity index (χ1) is 16.5. The van der Waals surface area contributed by atoms with E-state index in [4.69, 9.17) is 0 Å². The summed E-state index contributed by atoms with van der Waals surface area (Å²) in [6, 6.07) is 24.5. The fourth-order valence-electron chi connectivity index (χ4n) is 3.45. The van der Waals surface area contributed by atoms with Gasteiger partial charge in [-0.25, -0.2) is 19.3 Å².